The second kappa shape index (κ2) is 5.42. The highest BCUT2D eigenvalue weighted by molar-refractivity contribution is 5.93. The number of hydrogen-bond donors (Lipinski definition) is 2. The van der Waals surface area contributed by atoms with Gasteiger partial charge in [-0.25, -0.2) is 0 Å². The van der Waals surface area contributed by atoms with Gasteiger partial charge < -0.3 is 15.8 Å². The van der Waals surface area contributed by atoms with E-state index >= 15 is 0 Å². The molecule has 20 heavy (non-hydrogen) atoms. The number of carbonyl (C=O) groups excluding carboxylic acids is 1. The van der Waals surface area contributed by atoms with E-state index in [-0.39, 0.29) is 5.91 Å². The summed E-state index contributed by atoms with van der Waals surface area (Å²) in [7, 11) is 0. The molecule has 108 valence electrons. The van der Waals surface area contributed by atoms with Gasteiger partial charge in [0.1, 0.15) is 0 Å². The first kappa shape index (κ1) is 13.4. The molecule has 2 aliphatic rings. The average molecular weight is 275 g/mol. The molecule has 0 aliphatic carbocycles. The highest BCUT2D eigenvalue weighted by Crippen LogP contribution is 2.26. The van der Waals surface area contributed by atoms with E-state index in [0.29, 0.717) is 24.4 Å². The summed E-state index contributed by atoms with van der Waals surface area (Å²) < 4.78 is 5.77. The molecule has 5 heteroatoms. The molecular formula is C15H21N3O2. The molecule has 5 nitrogen and oxygen atoms in total. The van der Waals surface area contributed by atoms with Crippen molar-refractivity contribution < 1.29 is 9.53 Å². The van der Waals surface area contributed by atoms with Crippen molar-refractivity contribution in [3.8, 4) is 0 Å². The SMILES string of the molecule is Cc1c(N)cccc1NC(=O)CN1CC2CCC(C1)O2. The van der Waals surface area contributed by atoms with Crippen molar-refractivity contribution in [3.05, 3.63) is 23.8 Å². The number of nitrogens with one attached hydrogen (secondary N) is 1. The molecule has 0 aromatic heterocycles. The van der Waals surface area contributed by atoms with Gasteiger partial charge in [-0.05, 0) is 37.5 Å². The van der Waals surface area contributed by atoms with Crippen molar-refractivity contribution >= 4 is 17.3 Å². The largest absolute Gasteiger partial charge is 0.398 e. The molecule has 3 N–H and O–H groups in total. The van der Waals surface area contributed by atoms with E-state index in [4.69, 9.17) is 10.5 Å². The third-order valence-electron chi connectivity index (χ3n) is 4.14. The van der Waals surface area contributed by atoms with Crippen LogP contribution in [0.25, 0.3) is 0 Å². The van der Waals surface area contributed by atoms with E-state index in [9.17, 15) is 4.79 Å². The Morgan fingerprint density at radius 1 is 1.40 bits per heavy atom. The van der Waals surface area contributed by atoms with Crippen LogP contribution in [-0.2, 0) is 9.53 Å². The standard InChI is InChI=1S/C15H21N3O2/c1-10-13(16)3-2-4-14(10)17-15(19)9-18-7-11-5-6-12(8-18)20-11/h2-4,11-12H,5-9,16H2,1H3,(H,17,19). The number of benzene rings is 1. The van der Waals surface area contributed by atoms with Gasteiger partial charge in [-0.2, -0.15) is 0 Å². The number of carbonyl (C=O) groups is 1. The fourth-order valence-electron chi connectivity index (χ4n) is 3.01. The van der Waals surface area contributed by atoms with E-state index < -0.39 is 0 Å². The van der Waals surface area contributed by atoms with Crippen LogP contribution in [0.5, 0.6) is 0 Å². The van der Waals surface area contributed by atoms with Crippen LogP contribution in [0.15, 0.2) is 18.2 Å². The van der Waals surface area contributed by atoms with E-state index in [1.807, 2.05) is 25.1 Å². The molecule has 3 rings (SSSR count). The number of likely N-dealkylation sites (tertiary alicyclic amines) is 1. The summed E-state index contributed by atoms with van der Waals surface area (Å²) in [6.45, 7) is 4.06. The van der Waals surface area contributed by atoms with Gasteiger partial charge in [-0.1, -0.05) is 6.07 Å². The molecule has 2 fully saturated rings. The summed E-state index contributed by atoms with van der Waals surface area (Å²) in [6.07, 6.45) is 2.88. The molecule has 1 aromatic rings. The molecule has 2 atom stereocenters. The minimum atomic E-state index is 0.0139. The van der Waals surface area contributed by atoms with Gasteiger partial charge in [0.2, 0.25) is 5.91 Å². The zero-order chi connectivity index (χ0) is 14.1. The predicted octanol–water partition coefficient (Wildman–Crippen LogP) is 1.38. The zero-order valence-corrected chi connectivity index (χ0v) is 11.8. The lowest BCUT2D eigenvalue weighted by Crippen LogP contribution is -2.45. The average Bonchev–Trinajstić information content (AvgIpc) is 2.74. The first-order valence-electron chi connectivity index (χ1n) is 7.14. The lowest BCUT2D eigenvalue weighted by atomic mass is 10.1. The molecule has 2 aliphatic heterocycles. The molecule has 1 aromatic carbocycles. The number of nitrogens with zero attached hydrogens (tertiary/aromatic N) is 1. The Hall–Kier alpha value is -1.59. The molecule has 0 spiro atoms. The van der Waals surface area contributed by atoms with E-state index in [2.05, 4.69) is 10.2 Å². The van der Waals surface area contributed by atoms with Crippen LogP contribution in [0.1, 0.15) is 18.4 Å². The highest BCUT2D eigenvalue weighted by Gasteiger charge is 2.34. The van der Waals surface area contributed by atoms with Crippen molar-refractivity contribution in [2.24, 2.45) is 0 Å². The number of nitrogens with two attached hydrogens (primary N) is 1. The minimum Gasteiger partial charge on any atom is -0.398 e. The maximum absolute atomic E-state index is 12.1. The maximum atomic E-state index is 12.1. The van der Waals surface area contributed by atoms with Crippen LogP contribution in [0, 0.1) is 6.92 Å². The molecular weight excluding hydrogens is 254 g/mol. The Morgan fingerprint density at radius 3 is 2.80 bits per heavy atom. The lowest BCUT2D eigenvalue weighted by Gasteiger charge is -2.31. The fraction of sp³-hybridized carbons (Fsp3) is 0.533. The van der Waals surface area contributed by atoms with Gasteiger partial charge in [0.05, 0.1) is 18.8 Å². The summed E-state index contributed by atoms with van der Waals surface area (Å²) in [5.74, 6) is 0.0139. The zero-order valence-electron chi connectivity index (χ0n) is 11.8. The minimum absolute atomic E-state index is 0.0139. The summed E-state index contributed by atoms with van der Waals surface area (Å²) in [6, 6.07) is 5.57. The monoisotopic (exact) mass is 275 g/mol. The number of anilines is 2. The Kier molecular flexibility index (Phi) is 3.63. The Balaban J connectivity index is 1.58. The molecule has 0 radical (unpaired) electrons. The second-order valence-corrected chi connectivity index (χ2v) is 5.72. The van der Waals surface area contributed by atoms with Crippen LogP contribution >= 0.6 is 0 Å². The second-order valence-electron chi connectivity index (χ2n) is 5.72. The first-order chi connectivity index (χ1) is 9.61. The van der Waals surface area contributed by atoms with Gasteiger partial charge in [-0.3, -0.25) is 9.69 Å². The van der Waals surface area contributed by atoms with Crippen molar-refractivity contribution in [2.75, 3.05) is 30.7 Å². The molecule has 0 saturated carbocycles. The highest BCUT2D eigenvalue weighted by atomic mass is 16.5. The normalized spacial score (nSPS) is 25.6. The van der Waals surface area contributed by atoms with Gasteiger partial charge in [0.25, 0.3) is 0 Å². The first-order valence-corrected chi connectivity index (χ1v) is 7.14. The summed E-state index contributed by atoms with van der Waals surface area (Å²) in [4.78, 5) is 14.3. The number of amides is 1. The number of fused-ring (bicyclic) bond motifs is 2. The predicted molar refractivity (Wildman–Crippen MR) is 78.6 cm³/mol. The van der Waals surface area contributed by atoms with Crippen LogP contribution in [0.3, 0.4) is 0 Å². The summed E-state index contributed by atoms with van der Waals surface area (Å²) >= 11 is 0. The van der Waals surface area contributed by atoms with Crippen LogP contribution in [0.4, 0.5) is 11.4 Å². The van der Waals surface area contributed by atoms with Gasteiger partial charge in [0, 0.05) is 24.5 Å². The molecule has 2 unspecified atom stereocenters. The fourth-order valence-corrected chi connectivity index (χ4v) is 3.01. The van der Waals surface area contributed by atoms with Crippen molar-refractivity contribution in [2.45, 2.75) is 32.0 Å². The van der Waals surface area contributed by atoms with E-state index in [1.54, 1.807) is 0 Å². The number of rotatable bonds is 3. The lowest BCUT2D eigenvalue weighted by molar-refractivity contribution is -0.119. The number of morpholine rings is 1. The quantitative estimate of drug-likeness (QED) is 0.818. The third-order valence-corrected chi connectivity index (χ3v) is 4.14. The third kappa shape index (κ3) is 2.78. The molecule has 2 bridgehead atoms. The molecule has 1 amide bonds. The maximum Gasteiger partial charge on any atom is 0.238 e. The number of hydrogen-bond acceptors (Lipinski definition) is 4. The number of nitrogen functional groups attached to an aromatic ring is 1. The Morgan fingerprint density at radius 2 is 2.10 bits per heavy atom. The Bertz CT molecular complexity index is 506. The van der Waals surface area contributed by atoms with Crippen LogP contribution in [-0.4, -0.2) is 42.6 Å². The molecule has 2 saturated heterocycles. The van der Waals surface area contributed by atoms with Gasteiger partial charge in [0.15, 0.2) is 0 Å². The van der Waals surface area contributed by atoms with Crippen LogP contribution in [0.2, 0.25) is 0 Å². The smallest absolute Gasteiger partial charge is 0.238 e. The van der Waals surface area contributed by atoms with Gasteiger partial charge in [-0.15, -0.1) is 0 Å². The Labute approximate surface area is 119 Å². The van der Waals surface area contributed by atoms with Crippen molar-refractivity contribution in [3.63, 3.8) is 0 Å². The summed E-state index contributed by atoms with van der Waals surface area (Å²) in [5, 5.41) is 2.95. The van der Waals surface area contributed by atoms with Crippen molar-refractivity contribution in [1.82, 2.24) is 4.90 Å². The number of ether oxygens (including phenoxy) is 1. The van der Waals surface area contributed by atoms with Gasteiger partial charge >= 0.3 is 0 Å². The van der Waals surface area contributed by atoms with E-state index in [1.165, 1.54) is 0 Å². The summed E-state index contributed by atoms with van der Waals surface area (Å²) in [5.41, 5.74) is 8.26. The van der Waals surface area contributed by atoms with Crippen LogP contribution < -0.4 is 11.1 Å². The topological polar surface area (TPSA) is 67.6 Å². The van der Waals surface area contributed by atoms with E-state index in [0.717, 1.165) is 37.2 Å². The molecule has 2 heterocycles. The van der Waals surface area contributed by atoms with Crippen molar-refractivity contribution in [1.29, 1.82) is 0 Å².